The van der Waals surface area contributed by atoms with Gasteiger partial charge < -0.3 is 30.4 Å². The van der Waals surface area contributed by atoms with E-state index in [0.29, 0.717) is 24.2 Å². The summed E-state index contributed by atoms with van der Waals surface area (Å²) in [5.41, 5.74) is 1.03. The number of aliphatic hydroxyl groups excluding tert-OH is 1. The molecule has 4 fully saturated rings. The molecule has 4 N–H and O–H groups in total. The number of fused-ring (bicyclic) bond motifs is 5. The van der Waals surface area contributed by atoms with Crippen molar-refractivity contribution in [3.05, 3.63) is 11.6 Å². The second kappa shape index (κ2) is 11.6. The van der Waals surface area contributed by atoms with Gasteiger partial charge in [-0.3, -0.25) is 9.59 Å². The van der Waals surface area contributed by atoms with Crippen LogP contribution in [0, 0.1) is 46.8 Å². The summed E-state index contributed by atoms with van der Waals surface area (Å²) in [6, 6.07) is -2.07. The van der Waals surface area contributed by atoms with E-state index in [1.54, 1.807) is 13.8 Å². The van der Waals surface area contributed by atoms with Crippen LogP contribution < -0.4 is 5.32 Å². The molecule has 3 saturated carbocycles. The first-order valence-corrected chi connectivity index (χ1v) is 15.8. The summed E-state index contributed by atoms with van der Waals surface area (Å²) >= 11 is 0. The van der Waals surface area contributed by atoms with Gasteiger partial charge in [-0.2, -0.15) is 0 Å². The van der Waals surface area contributed by atoms with Crippen LogP contribution in [0.4, 0.5) is 0 Å². The van der Waals surface area contributed by atoms with Gasteiger partial charge in [0.15, 0.2) is 6.61 Å². The Morgan fingerprint density at radius 1 is 1.16 bits per heavy atom. The van der Waals surface area contributed by atoms with E-state index < -0.39 is 41.6 Å². The number of rotatable bonds is 7. The second-order valence-electron chi connectivity index (χ2n) is 14.4. The largest absolute Gasteiger partial charge is 0.480 e. The molecule has 0 spiro atoms. The van der Waals surface area contributed by atoms with Gasteiger partial charge in [-0.1, -0.05) is 44.3 Å². The van der Waals surface area contributed by atoms with Crippen molar-refractivity contribution in [2.75, 3.05) is 13.2 Å². The molecule has 5 rings (SSSR count). The van der Waals surface area contributed by atoms with Gasteiger partial charge in [0.1, 0.15) is 17.7 Å². The summed E-state index contributed by atoms with van der Waals surface area (Å²) in [6.07, 6.45) is 14.4. The van der Waals surface area contributed by atoms with E-state index in [9.17, 15) is 29.7 Å². The van der Waals surface area contributed by atoms with E-state index in [-0.39, 0.29) is 36.3 Å². The first-order chi connectivity index (χ1) is 20.2. The summed E-state index contributed by atoms with van der Waals surface area (Å²) in [7, 11) is 0. The Morgan fingerprint density at radius 2 is 1.88 bits per heavy atom. The number of aliphatic hydroxyl groups is 2. The maximum Gasteiger partial charge on any atom is 0.326 e. The number of carboxylic acid groups (broad SMARTS) is 1. The van der Waals surface area contributed by atoms with Crippen molar-refractivity contribution < 1.29 is 34.5 Å². The van der Waals surface area contributed by atoms with Crippen LogP contribution in [0.3, 0.4) is 0 Å². The Morgan fingerprint density at radius 3 is 2.56 bits per heavy atom. The average molecular weight is 598 g/mol. The second-order valence-corrected chi connectivity index (χ2v) is 14.4. The highest BCUT2D eigenvalue weighted by molar-refractivity contribution is 5.96. The highest BCUT2D eigenvalue weighted by Gasteiger charge is 2.63. The van der Waals surface area contributed by atoms with Crippen molar-refractivity contribution in [2.45, 2.75) is 109 Å². The van der Waals surface area contributed by atoms with Gasteiger partial charge in [0.25, 0.3) is 5.91 Å². The van der Waals surface area contributed by atoms with E-state index in [0.717, 1.165) is 55.6 Å². The fourth-order valence-electron chi connectivity index (χ4n) is 9.27. The molecule has 9 atom stereocenters. The highest BCUT2D eigenvalue weighted by Crippen LogP contribution is 2.67. The molecule has 1 saturated heterocycles. The molecule has 43 heavy (non-hydrogen) atoms. The maximum absolute atomic E-state index is 13.1. The number of nitrogens with one attached hydrogen (secondary N) is 1. The van der Waals surface area contributed by atoms with Crippen LogP contribution in [-0.4, -0.2) is 80.7 Å². The topological polar surface area (TPSA) is 149 Å². The van der Waals surface area contributed by atoms with Crippen molar-refractivity contribution in [1.29, 1.82) is 0 Å². The summed E-state index contributed by atoms with van der Waals surface area (Å²) < 4.78 is 0. The molecule has 10 heteroatoms. The lowest BCUT2D eigenvalue weighted by molar-refractivity contribution is -0.150. The number of allylic oxidation sites excluding steroid dienone is 2. The standard InChI is InChI=1S/C33H47N3O7/c1-6-33(42)14-11-25-23-8-7-20-15-21(9-12-31(20,4)24(23)10-13-32(25,33)5)35-43-18-27(38)34-28(19(2)3)29(39)36-17-22(37)16-26(36)30(40)41/h1,15,19,22-26,28,37,42H,7-14,16-18H2,2-5H3,(H,34,38)(H,40,41)/t22?,23?,24?,25?,26?,28?,31-,32-,33+/m0/s1. The van der Waals surface area contributed by atoms with Gasteiger partial charge in [0.05, 0.1) is 11.8 Å². The minimum absolute atomic E-state index is 0.0362. The quantitative estimate of drug-likeness (QED) is 0.261. The van der Waals surface area contributed by atoms with Gasteiger partial charge in [-0.05, 0) is 86.5 Å². The lowest BCUT2D eigenvalue weighted by Crippen LogP contribution is -2.54. The Labute approximate surface area is 254 Å². The van der Waals surface area contributed by atoms with Crippen LogP contribution in [0.15, 0.2) is 16.8 Å². The van der Waals surface area contributed by atoms with Crippen molar-refractivity contribution in [1.82, 2.24) is 10.2 Å². The monoisotopic (exact) mass is 597 g/mol. The smallest absolute Gasteiger partial charge is 0.326 e. The maximum atomic E-state index is 13.1. The number of oxime groups is 1. The predicted molar refractivity (Wildman–Crippen MR) is 159 cm³/mol. The van der Waals surface area contributed by atoms with Crippen LogP contribution in [0.25, 0.3) is 0 Å². The third-order valence-electron chi connectivity index (χ3n) is 11.8. The van der Waals surface area contributed by atoms with E-state index >= 15 is 0 Å². The van der Waals surface area contributed by atoms with E-state index in [2.05, 4.69) is 36.3 Å². The number of carboxylic acids is 1. The third kappa shape index (κ3) is 5.37. The molecular formula is C33H47N3O7. The fourth-order valence-corrected chi connectivity index (χ4v) is 9.27. The van der Waals surface area contributed by atoms with Gasteiger partial charge in [0.2, 0.25) is 5.91 Å². The Hall–Kier alpha value is -2.90. The van der Waals surface area contributed by atoms with Crippen LogP contribution in [0.5, 0.6) is 0 Å². The number of aliphatic carboxylic acids is 1. The molecule has 4 aliphatic carbocycles. The van der Waals surface area contributed by atoms with Gasteiger partial charge >= 0.3 is 5.97 Å². The molecule has 6 unspecified atom stereocenters. The highest BCUT2D eigenvalue weighted by atomic mass is 16.6. The summed E-state index contributed by atoms with van der Waals surface area (Å²) in [6.45, 7) is 7.66. The molecular weight excluding hydrogens is 550 g/mol. The van der Waals surface area contributed by atoms with Crippen molar-refractivity contribution in [3.63, 3.8) is 0 Å². The summed E-state index contributed by atoms with van der Waals surface area (Å²) in [5, 5.41) is 37.6. The summed E-state index contributed by atoms with van der Waals surface area (Å²) in [5.74, 6) is 1.75. The average Bonchev–Trinajstić information content (AvgIpc) is 3.48. The molecule has 0 aromatic carbocycles. The number of hydrogen-bond donors (Lipinski definition) is 4. The Bertz CT molecular complexity index is 1260. The lowest BCUT2D eigenvalue weighted by atomic mass is 9.46. The number of carbonyl (C=O) groups is 3. The van der Waals surface area contributed by atoms with Crippen LogP contribution in [-0.2, 0) is 19.2 Å². The Kier molecular flexibility index (Phi) is 8.47. The Balaban J connectivity index is 1.19. The number of nitrogens with zero attached hydrogens (tertiary/aromatic N) is 2. The predicted octanol–water partition coefficient (Wildman–Crippen LogP) is 2.87. The van der Waals surface area contributed by atoms with E-state index in [4.69, 9.17) is 11.3 Å². The zero-order valence-corrected chi connectivity index (χ0v) is 25.8. The number of hydrogen-bond acceptors (Lipinski definition) is 7. The van der Waals surface area contributed by atoms with Crippen LogP contribution in [0.1, 0.15) is 85.5 Å². The van der Waals surface area contributed by atoms with Gasteiger partial charge in [0, 0.05) is 18.4 Å². The normalized spacial score (nSPS) is 40.1. The van der Waals surface area contributed by atoms with E-state index in [1.165, 1.54) is 5.57 Å². The number of amides is 2. The van der Waals surface area contributed by atoms with Crippen LogP contribution in [0.2, 0.25) is 0 Å². The van der Waals surface area contributed by atoms with Crippen molar-refractivity contribution >= 4 is 23.5 Å². The van der Waals surface area contributed by atoms with Crippen molar-refractivity contribution in [2.24, 2.45) is 39.7 Å². The molecule has 0 radical (unpaired) electrons. The zero-order valence-electron chi connectivity index (χ0n) is 25.8. The summed E-state index contributed by atoms with van der Waals surface area (Å²) in [4.78, 5) is 44.0. The molecule has 0 aromatic heterocycles. The molecule has 0 aromatic rings. The number of β-amino-alcohol motifs (C(OH)–C–C–N with tert-alkyl or cyclic N) is 1. The van der Waals surface area contributed by atoms with E-state index in [1.807, 2.05) is 0 Å². The minimum atomic E-state index is -1.18. The molecule has 1 aliphatic heterocycles. The molecule has 236 valence electrons. The molecule has 0 bridgehead atoms. The lowest BCUT2D eigenvalue weighted by Gasteiger charge is -2.58. The van der Waals surface area contributed by atoms with Gasteiger partial charge in [-0.25, -0.2) is 4.79 Å². The SMILES string of the molecule is C#C[C@@]1(O)CCC2C3CCC4=CC(=NOCC(=O)NC(C(=O)N5CC(O)CC5C(=O)O)C(C)C)CC[C@]4(C)C3CC[C@@]21C. The van der Waals surface area contributed by atoms with Crippen LogP contribution >= 0.6 is 0 Å². The number of carbonyl (C=O) groups excluding carboxylic acids is 2. The van der Waals surface area contributed by atoms with Crippen molar-refractivity contribution in [3.8, 4) is 12.3 Å². The molecule has 2 amide bonds. The molecule has 5 aliphatic rings. The third-order valence-corrected chi connectivity index (χ3v) is 11.8. The molecule has 1 heterocycles. The number of terminal acetylenes is 1. The van der Waals surface area contributed by atoms with Gasteiger partial charge in [-0.15, -0.1) is 6.42 Å². The first kappa shape index (κ1) is 31.5. The number of likely N-dealkylation sites (tertiary alicyclic amines) is 1. The minimum Gasteiger partial charge on any atom is -0.480 e. The fraction of sp³-hybridized carbons (Fsp3) is 0.758. The first-order valence-electron chi connectivity index (χ1n) is 15.8. The zero-order chi connectivity index (χ0) is 31.3. The molecule has 10 nitrogen and oxygen atoms in total.